The van der Waals surface area contributed by atoms with Crippen molar-refractivity contribution in [3.63, 3.8) is 0 Å². The summed E-state index contributed by atoms with van der Waals surface area (Å²) in [6.07, 6.45) is 3.28. The summed E-state index contributed by atoms with van der Waals surface area (Å²) in [5.74, 6) is 0.947. The van der Waals surface area contributed by atoms with Crippen LogP contribution in [0.3, 0.4) is 0 Å². The summed E-state index contributed by atoms with van der Waals surface area (Å²) < 4.78 is 7.61. The second-order valence-corrected chi connectivity index (χ2v) is 4.06. The first-order chi connectivity index (χ1) is 8.40. The van der Waals surface area contributed by atoms with Crippen molar-refractivity contribution in [3.8, 4) is 5.75 Å². The first-order valence-electron chi connectivity index (χ1n) is 5.63. The van der Waals surface area contributed by atoms with E-state index in [9.17, 15) is 0 Å². The maximum Gasteiger partial charge on any atom is 0.137 e. The van der Waals surface area contributed by atoms with Crippen LogP contribution in [0.25, 0.3) is 0 Å². The standard InChI is InChI=1S/C12H14N4O/c1-13-12-9-4-2-3-5-11(9)17-6-10(12)16-8-14-7-15-16/h2-5,7-8,10,12-13H,6H2,1H3. The molecule has 2 aromatic rings. The fraction of sp³-hybridized carbons (Fsp3) is 0.333. The molecule has 88 valence electrons. The Morgan fingerprint density at radius 1 is 1.41 bits per heavy atom. The summed E-state index contributed by atoms with van der Waals surface area (Å²) in [6, 6.07) is 8.42. The number of aromatic nitrogens is 3. The van der Waals surface area contributed by atoms with Gasteiger partial charge in [0.05, 0.1) is 6.04 Å². The molecule has 3 rings (SSSR count). The quantitative estimate of drug-likeness (QED) is 0.841. The molecule has 0 saturated carbocycles. The van der Waals surface area contributed by atoms with Gasteiger partial charge in [0, 0.05) is 5.56 Å². The summed E-state index contributed by atoms with van der Waals surface area (Å²) in [5, 5.41) is 7.53. The number of fused-ring (bicyclic) bond motifs is 1. The van der Waals surface area contributed by atoms with Crippen LogP contribution in [0.15, 0.2) is 36.9 Å². The van der Waals surface area contributed by atoms with Crippen LogP contribution in [0.2, 0.25) is 0 Å². The van der Waals surface area contributed by atoms with Gasteiger partial charge in [-0.3, -0.25) is 0 Å². The molecule has 1 aliphatic rings. The zero-order chi connectivity index (χ0) is 11.7. The number of nitrogens with zero attached hydrogens (tertiary/aromatic N) is 3. The molecule has 1 N–H and O–H groups in total. The summed E-state index contributed by atoms with van der Waals surface area (Å²) in [5.41, 5.74) is 1.17. The molecule has 0 aliphatic carbocycles. The van der Waals surface area contributed by atoms with E-state index in [-0.39, 0.29) is 12.1 Å². The number of likely N-dealkylation sites (N-methyl/N-ethyl adjacent to an activating group) is 1. The normalized spacial score (nSPS) is 22.9. The van der Waals surface area contributed by atoms with E-state index >= 15 is 0 Å². The van der Waals surface area contributed by atoms with Gasteiger partial charge in [0.15, 0.2) is 0 Å². The lowest BCUT2D eigenvalue weighted by Crippen LogP contribution is -2.35. The smallest absolute Gasteiger partial charge is 0.137 e. The molecule has 0 spiro atoms. The van der Waals surface area contributed by atoms with Crippen molar-refractivity contribution in [1.82, 2.24) is 20.1 Å². The fourth-order valence-electron chi connectivity index (χ4n) is 2.31. The average Bonchev–Trinajstić information content (AvgIpc) is 2.91. The zero-order valence-corrected chi connectivity index (χ0v) is 9.58. The van der Waals surface area contributed by atoms with E-state index in [4.69, 9.17) is 4.74 Å². The Hall–Kier alpha value is -1.88. The number of hydrogen-bond acceptors (Lipinski definition) is 4. The van der Waals surface area contributed by atoms with Crippen LogP contribution >= 0.6 is 0 Å². The van der Waals surface area contributed by atoms with E-state index in [1.807, 2.05) is 29.9 Å². The Morgan fingerprint density at radius 3 is 3.06 bits per heavy atom. The Morgan fingerprint density at radius 2 is 2.29 bits per heavy atom. The molecule has 0 fully saturated rings. The van der Waals surface area contributed by atoms with Crippen LogP contribution in [-0.2, 0) is 0 Å². The van der Waals surface area contributed by atoms with Crippen LogP contribution in [0, 0.1) is 0 Å². The Labute approximate surface area is 99.4 Å². The van der Waals surface area contributed by atoms with Gasteiger partial charge in [-0.2, -0.15) is 5.10 Å². The van der Waals surface area contributed by atoms with Crippen LogP contribution in [0.4, 0.5) is 0 Å². The molecule has 0 radical (unpaired) electrons. The predicted molar refractivity (Wildman–Crippen MR) is 62.8 cm³/mol. The lowest BCUT2D eigenvalue weighted by molar-refractivity contribution is 0.174. The minimum atomic E-state index is 0.136. The highest BCUT2D eigenvalue weighted by Crippen LogP contribution is 2.36. The van der Waals surface area contributed by atoms with Crippen LogP contribution in [0.1, 0.15) is 17.6 Å². The number of nitrogens with one attached hydrogen (secondary N) is 1. The van der Waals surface area contributed by atoms with Crippen molar-refractivity contribution in [3.05, 3.63) is 42.5 Å². The molecular weight excluding hydrogens is 216 g/mol. The minimum absolute atomic E-state index is 0.136. The van der Waals surface area contributed by atoms with Crippen molar-refractivity contribution in [2.24, 2.45) is 0 Å². The highest BCUT2D eigenvalue weighted by molar-refractivity contribution is 5.38. The Balaban J connectivity index is 2.00. The SMILES string of the molecule is CNC1c2ccccc2OCC1n1cncn1. The molecule has 1 aromatic carbocycles. The lowest BCUT2D eigenvalue weighted by Gasteiger charge is -2.33. The van der Waals surface area contributed by atoms with E-state index < -0.39 is 0 Å². The first kappa shape index (κ1) is 10.3. The molecule has 2 heterocycles. The molecule has 0 saturated heterocycles. The van der Waals surface area contributed by atoms with Gasteiger partial charge < -0.3 is 10.1 Å². The van der Waals surface area contributed by atoms with Crippen LogP contribution in [-0.4, -0.2) is 28.4 Å². The van der Waals surface area contributed by atoms with Crippen LogP contribution < -0.4 is 10.1 Å². The highest BCUT2D eigenvalue weighted by atomic mass is 16.5. The predicted octanol–water partition coefficient (Wildman–Crippen LogP) is 1.17. The van der Waals surface area contributed by atoms with Crippen molar-refractivity contribution in [2.45, 2.75) is 12.1 Å². The summed E-state index contributed by atoms with van der Waals surface area (Å²) in [7, 11) is 1.96. The molecule has 1 aromatic heterocycles. The van der Waals surface area contributed by atoms with Crippen molar-refractivity contribution < 1.29 is 4.74 Å². The fourth-order valence-corrected chi connectivity index (χ4v) is 2.31. The summed E-state index contributed by atoms with van der Waals surface area (Å²) in [6.45, 7) is 0.603. The zero-order valence-electron chi connectivity index (χ0n) is 9.58. The molecule has 2 unspecified atom stereocenters. The summed E-state index contributed by atoms with van der Waals surface area (Å²) >= 11 is 0. The first-order valence-corrected chi connectivity index (χ1v) is 5.63. The molecule has 0 bridgehead atoms. The number of hydrogen-bond donors (Lipinski definition) is 1. The van der Waals surface area contributed by atoms with Gasteiger partial charge in [0.2, 0.25) is 0 Å². The molecular formula is C12H14N4O. The van der Waals surface area contributed by atoms with Gasteiger partial charge in [-0.1, -0.05) is 18.2 Å². The molecule has 0 amide bonds. The third-order valence-electron chi connectivity index (χ3n) is 3.14. The lowest BCUT2D eigenvalue weighted by atomic mass is 9.96. The van der Waals surface area contributed by atoms with E-state index in [1.165, 1.54) is 5.56 Å². The third kappa shape index (κ3) is 1.68. The molecule has 17 heavy (non-hydrogen) atoms. The van der Waals surface area contributed by atoms with Gasteiger partial charge in [0.25, 0.3) is 0 Å². The topological polar surface area (TPSA) is 52.0 Å². The number of ether oxygens (including phenoxy) is 1. The molecule has 5 heteroatoms. The van der Waals surface area contributed by atoms with E-state index in [0.29, 0.717) is 6.61 Å². The summed E-state index contributed by atoms with van der Waals surface area (Å²) in [4.78, 5) is 3.99. The van der Waals surface area contributed by atoms with Crippen molar-refractivity contribution in [1.29, 1.82) is 0 Å². The number of benzene rings is 1. The Kier molecular flexibility index (Phi) is 2.53. The second-order valence-electron chi connectivity index (χ2n) is 4.06. The maximum absolute atomic E-state index is 5.76. The van der Waals surface area contributed by atoms with Gasteiger partial charge in [0.1, 0.15) is 31.1 Å². The minimum Gasteiger partial charge on any atom is -0.491 e. The number of para-hydroxylation sites is 1. The van der Waals surface area contributed by atoms with Crippen LogP contribution in [0.5, 0.6) is 5.75 Å². The molecule has 2 atom stereocenters. The molecule has 1 aliphatic heterocycles. The maximum atomic E-state index is 5.76. The van der Waals surface area contributed by atoms with Gasteiger partial charge in [-0.15, -0.1) is 0 Å². The van der Waals surface area contributed by atoms with Crippen molar-refractivity contribution in [2.75, 3.05) is 13.7 Å². The third-order valence-corrected chi connectivity index (χ3v) is 3.14. The van der Waals surface area contributed by atoms with Gasteiger partial charge >= 0.3 is 0 Å². The van der Waals surface area contributed by atoms with Crippen molar-refractivity contribution >= 4 is 0 Å². The molecule has 5 nitrogen and oxygen atoms in total. The second kappa shape index (κ2) is 4.18. The van der Waals surface area contributed by atoms with E-state index in [1.54, 1.807) is 12.7 Å². The average molecular weight is 230 g/mol. The highest BCUT2D eigenvalue weighted by Gasteiger charge is 2.31. The monoisotopic (exact) mass is 230 g/mol. The van der Waals surface area contributed by atoms with Gasteiger partial charge in [-0.25, -0.2) is 9.67 Å². The van der Waals surface area contributed by atoms with E-state index in [0.717, 1.165) is 5.75 Å². The Bertz CT molecular complexity index is 497. The van der Waals surface area contributed by atoms with Gasteiger partial charge in [-0.05, 0) is 13.1 Å². The van der Waals surface area contributed by atoms with E-state index in [2.05, 4.69) is 21.5 Å². The number of rotatable bonds is 2. The largest absolute Gasteiger partial charge is 0.491 e.